The van der Waals surface area contributed by atoms with Gasteiger partial charge in [0.25, 0.3) is 0 Å². The predicted molar refractivity (Wildman–Crippen MR) is 77.5 cm³/mol. The third-order valence-electron chi connectivity index (χ3n) is 3.39. The Morgan fingerprint density at radius 3 is 2.57 bits per heavy atom. The lowest BCUT2D eigenvalue weighted by atomic mass is 9.89. The normalized spacial score (nSPS) is 19.1. The summed E-state index contributed by atoms with van der Waals surface area (Å²) in [6.45, 7) is 11.1. The van der Waals surface area contributed by atoms with Crippen molar-refractivity contribution in [2.75, 3.05) is 26.7 Å². The molecule has 0 aromatic heterocycles. The van der Waals surface area contributed by atoms with Gasteiger partial charge in [0.15, 0.2) is 5.76 Å². The van der Waals surface area contributed by atoms with Crippen LogP contribution in [0, 0.1) is 5.92 Å². The fourth-order valence-corrected chi connectivity index (χ4v) is 2.36. The first kappa shape index (κ1) is 15.4. The first-order valence-electron chi connectivity index (χ1n) is 6.97. The van der Waals surface area contributed by atoms with Crippen LogP contribution in [0.3, 0.4) is 0 Å². The van der Waals surface area contributed by atoms with E-state index < -0.39 is 11.7 Å². The monoisotopic (exact) mass is 294 g/mol. The molecule has 116 valence electrons. The van der Waals surface area contributed by atoms with Crippen molar-refractivity contribution < 1.29 is 19.1 Å². The molecule has 1 N–H and O–H groups in total. The highest BCUT2D eigenvalue weighted by molar-refractivity contribution is 6.18. The van der Waals surface area contributed by atoms with E-state index in [2.05, 4.69) is 11.9 Å². The number of rotatable bonds is 4. The number of ketones is 1. The van der Waals surface area contributed by atoms with Gasteiger partial charge in [-0.05, 0) is 20.8 Å². The summed E-state index contributed by atoms with van der Waals surface area (Å²) < 4.78 is 10.3. The molecular weight excluding hydrogens is 272 g/mol. The van der Waals surface area contributed by atoms with E-state index in [0.29, 0.717) is 29.5 Å². The van der Waals surface area contributed by atoms with Crippen molar-refractivity contribution >= 4 is 11.9 Å². The van der Waals surface area contributed by atoms with Crippen LogP contribution in [-0.4, -0.2) is 49.1 Å². The molecule has 1 aliphatic carbocycles. The molecule has 1 amide bonds. The molecule has 0 aromatic rings. The van der Waals surface area contributed by atoms with Crippen LogP contribution in [0.4, 0.5) is 4.79 Å². The first-order chi connectivity index (χ1) is 9.73. The average molecular weight is 294 g/mol. The summed E-state index contributed by atoms with van der Waals surface area (Å²) >= 11 is 0. The molecule has 6 nitrogen and oxygen atoms in total. The number of carbonyl (C=O) groups excluding carboxylic acids is 2. The SMILES string of the molecule is C=C1C(=O)C(N2CC(CNC(=O)OC(C)(C)C)C2)=C1OC. The standard InChI is InChI=1S/C15H22N2O4/c1-9-12(18)11(13(9)20-5)17-7-10(8-17)6-16-14(19)21-15(2,3)4/h10H,1,6-8H2,2-5H3,(H,16,19). The van der Waals surface area contributed by atoms with Gasteiger partial charge >= 0.3 is 6.09 Å². The average Bonchev–Trinajstić information content (AvgIpc) is 2.32. The second-order valence-corrected chi connectivity index (χ2v) is 6.34. The molecule has 0 saturated carbocycles. The van der Waals surface area contributed by atoms with Gasteiger partial charge in [0.2, 0.25) is 5.78 Å². The molecule has 21 heavy (non-hydrogen) atoms. The van der Waals surface area contributed by atoms with Gasteiger partial charge in [-0.1, -0.05) is 6.58 Å². The van der Waals surface area contributed by atoms with Gasteiger partial charge in [-0.15, -0.1) is 0 Å². The largest absolute Gasteiger partial charge is 0.494 e. The van der Waals surface area contributed by atoms with E-state index in [1.807, 2.05) is 25.7 Å². The topological polar surface area (TPSA) is 67.9 Å². The van der Waals surface area contributed by atoms with E-state index in [9.17, 15) is 9.59 Å². The van der Waals surface area contributed by atoms with Crippen LogP contribution in [0.5, 0.6) is 0 Å². The van der Waals surface area contributed by atoms with Gasteiger partial charge < -0.3 is 19.7 Å². The number of allylic oxidation sites excluding steroid dienone is 2. The Bertz CT molecular complexity index is 510. The molecular formula is C15H22N2O4. The Balaban J connectivity index is 1.76. The third kappa shape index (κ3) is 3.20. The summed E-state index contributed by atoms with van der Waals surface area (Å²) in [4.78, 5) is 25.2. The smallest absolute Gasteiger partial charge is 0.407 e. The summed E-state index contributed by atoms with van der Waals surface area (Å²) in [5.74, 6) is 0.841. The van der Waals surface area contributed by atoms with Gasteiger partial charge in [-0.25, -0.2) is 4.79 Å². The van der Waals surface area contributed by atoms with E-state index in [1.54, 1.807) is 0 Å². The number of nitrogens with zero attached hydrogens (tertiary/aromatic N) is 1. The van der Waals surface area contributed by atoms with Gasteiger partial charge in [-0.3, -0.25) is 4.79 Å². The molecule has 0 radical (unpaired) electrons. The van der Waals surface area contributed by atoms with Crippen molar-refractivity contribution in [2.45, 2.75) is 26.4 Å². The van der Waals surface area contributed by atoms with Crippen molar-refractivity contribution in [1.82, 2.24) is 10.2 Å². The summed E-state index contributed by atoms with van der Waals surface area (Å²) in [6, 6.07) is 0. The highest BCUT2D eigenvalue weighted by Gasteiger charge is 2.42. The van der Waals surface area contributed by atoms with Crippen LogP contribution in [0.25, 0.3) is 0 Å². The van der Waals surface area contributed by atoms with Crippen molar-refractivity contribution in [3.05, 3.63) is 23.6 Å². The number of hydrogen-bond donors (Lipinski definition) is 1. The molecule has 1 heterocycles. The number of amides is 1. The number of Topliss-reactive ketones (excluding diaryl/α,β-unsaturated/α-hetero) is 1. The van der Waals surface area contributed by atoms with E-state index in [1.165, 1.54) is 7.11 Å². The molecule has 0 atom stereocenters. The summed E-state index contributed by atoms with van der Waals surface area (Å²) in [5.41, 5.74) is 0.547. The Hall–Kier alpha value is -1.98. The van der Waals surface area contributed by atoms with E-state index in [-0.39, 0.29) is 5.78 Å². The van der Waals surface area contributed by atoms with E-state index in [0.717, 1.165) is 13.1 Å². The fourth-order valence-electron chi connectivity index (χ4n) is 2.36. The second kappa shape index (κ2) is 5.42. The van der Waals surface area contributed by atoms with Crippen LogP contribution in [0.15, 0.2) is 23.6 Å². The zero-order valence-electron chi connectivity index (χ0n) is 13.0. The summed E-state index contributed by atoms with van der Waals surface area (Å²) in [7, 11) is 1.54. The molecule has 1 aliphatic heterocycles. The zero-order chi connectivity index (χ0) is 15.8. The van der Waals surface area contributed by atoms with Crippen molar-refractivity contribution in [1.29, 1.82) is 0 Å². The number of ether oxygens (including phenoxy) is 2. The Morgan fingerprint density at radius 1 is 1.43 bits per heavy atom. The molecule has 6 heteroatoms. The van der Waals surface area contributed by atoms with Gasteiger partial charge in [-0.2, -0.15) is 0 Å². The Labute approximate surface area is 124 Å². The minimum Gasteiger partial charge on any atom is -0.494 e. The van der Waals surface area contributed by atoms with Gasteiger partial charge in [0.05, 0.1) is 12.7 Å². The first-order valence-corrected chi connectivity index (χ1v) is 6.97. The minimum absolute atomic E-state index is 0.0506. The lowest BCUT2D eigenvalue weighted by Gasteiger charge is -2.44. The van der Waals surface area contributed by atoms with Crippen molar-refractivity contribution in [3.63, 3.8) is 0 Å². The van der Waals surface area contributed by atoms with Crippen LogP contribution in [-0.2, 0) is 14.3 Å². The van der Waals surface area contributed by atoms with E-state index in [4.69, 9.17) is 9.47 Å². The van der Waals surface area contributed by atoms with Crippen LogP contribution < -0.4 is 5.32 Å². The van der Waals surface area contributed by atoms with Crippen molar-refractivity contribution in [2.24, 2.45) is 5.92 Å². The van der Waals surface area contributed by atoms with Crippen molar-refractivity contribution in [3.8, 4) is 0 Å². The fraction of sp³-hybridized carbons (Fsp3) is 0.600. The highest BCUT2D eigenvalue weighted by atomic mass is 16.6. The molecule has 1 fully saturated rings. The number of carbonyl (C=O) groups is 2. The van der Waals surface area contributed by atoms with Crippen LogP contribution in [0.1, 0.15) is 20.8 Å². The van der Waals surface area contributed by atoms with E-state index >= 15 is 0 Å². The quantitative estimate of drug-likeness (QED) is 0.795. The third-order valence-corrected chi connectivity index (χ3v) is 3.39. The maximum absolute atomic E-state index is 11.7. The summed E-state index contributed by atoms with van der Waals surface area (Å²) in [5, 5.41) is 2.74. The molecule has 2 aliphatic rings. The van der Waals surface area contributed by atoms with Gasteiger partial charge in [0, 0.05) is 25.6 Å². The highest BCUT2D eigenvalue weighted by Crippen LogP contribution is 2.35. The lowest BCUT2D eigenvalue weighted by molar-refractivity contribution is -0.117. The molecule has 2 rings (SSSR count). The molecule has 0 bridgehead atoms. The van der Waals surface area contributed by atoms with Crippen LogP contribution in [0.2, 0.25) is 0 Å². The molecule has 0 unspecified atom stereocenters. The number of hydrogen-bond acceptors (Lipinski definition) is 5. The Morgan fingerprint density at radius 2 is 2.05 bits per heavy atom. The van der Waals surface area contributed by atoms with Gasteiger partial charge in [0.1, 0.15) is 11.3 Å². The number of methoxy groups -OCH3 is 1. The molecule has 1 saturated heterocycles. The maximum Gasteiger partial charge on any atom is 0.407 e. The Kier molecular flexibility index (Phi) is 3.98. The number of likely N-dealkylation sites (tertiary alicyclic amines) is 1. The maximum atomic E-state index is 11.7. The zero-order valence-corrected chi connectivity index (χ0v) is 13.0. The summed E-state index contributed by atoms with van der Waals surface area (Å²) in [6.07, 6.45) is -0.411. The number of nitrogens with one attached hydrogen (secondary N) is 1. The molecule has 0 aromatic carbocycles. The lowest BCUT2D eigenvalue weighted by Crippen LogP contribution is -2.54. The number of alkyl carbamates (subject to hydrolysis) is 1. The molecule has 0 spiro atoms. The predicted octanol–water partition coefficient (Wildman–Crippen LogP) is 1.44. The minimum atomic E-state index is -0.493. The second-order valence-electron chi connectivity index (χ2n) is 6.34. The van der Waals surface area contributed by atoms with Crippen LogP contribution >= 0.6 is 0 Å².